The van der Waals surface area contributed by atoms with Crippen molar-refractivity contribution < 1.29 is 18.7 Å². The summed E-state index contributed by atoms with van der Waals surface area (Å²) in [6.07, 6.45) is 3.43. The molecular formula is C23H30O5. The predicted molar refractivity (Wildman–Crippen MR) is 110 cm³/mol. The number of esters is 1. The van der Waals surface area contributed by atoms with Crippen LogP contribution in [0.4, 0.5) is 0 Å². The fourth-order valence-electron chi connectivity index (χ4n) is 3.11. The second kappa shape index (κ2) is 9.09. The molecule has 0 fully saturated rings. The maximum Gasteiger partial charge on any atom is 0.342 e. The Morgan fingerprint density at radius 2 is 1.75 bits per heavy atom. The van der Waals surface area contributed by atoms with E-state index in [2.05, 4.69) is 6.92 Å². The van der Waals surface area contributed by atoms with Crippen LogP contribution in [0.5, 0.6) is 5.75 Å². The van der Waals surface area contributed by atoms with Crippen molar-refractivity contribution in [2.75, 3.05) is 7.11 Å². The van der Waals surface area contributed by atoms with Crippen LogP contribution in [0.2, 0.25) is 0 Å². The van der Waals surface area contributed by atoms with Crippen molar-refractivity contribution in [2.24, 2.45) is 0 Å². The maximum absolute atomic E-state index is 13.0. The van der Waals surface area contributed by atoms with Gasteiger partial charge in [-0.2, -0.15) is 0 Å². The van der Waals surface area contributed by atoms with E-state index in [0.29, 0.717) is 28.9 Å². The number of aryl methyl sites for hydroxylation is 1. The highest BCUT2D eigenvalue weighted by atomic mass is 16.6. The summed E-state index contributed by atoms with van der Waals surface area (Å²) in [6, 6.07) is 7.33. The molecule has 152 valence electrons. The number of ether oxygens (including phenoxy) is 2. The number of carbonyl (C=O) groups excluding carboxylic acids is 1. The average Bonchev–Trinajstić information content (AvgIpc) is 2.61. The molecule has 0 N–H and O–H groups in total. The highest BCUT2D eigenvalue weighted by molar-refractivity contribution is 5.99. The summed E-state index contributed by atoms with van der Waals surface area (Å²) >= 11 is 0. The molecule has 5 heteroatoms. The summed E-state index contributed by atoms with van der Waals surface area (Å²) in [5, 5.41) is 0. The van der Waals surface area contributed by atoms with Crippen LogP contribution < -0.4 is 10.4 Å². The predicted octanol–water partition coefficient (Wildman–Crippen LogP) is 5.31. The van der Waals surface area contributed by atoms with Gasteiger partial charge in [-0.3, -0.25) is 0 Å². The number of unbranched alkanes of at least 4 members (excludes halogenated alkanes) is 2. The Hall–Kier alpha value is -2.56. The van der Waals surface area contributed by atoms with Gasteiger partial charge >= 0.3 is 11.6 Å². The third-order valence-corrected chi connectivity index (χ3v) is 4.41. The minimum Gasteiger partial charge on any atom is -0.497 e. The van der Waals surface area contributed by atoms with Gasteiger partial charge in [0.2, 0.25) is 0 Å². The molecule has 2 rings (SSSR count). The van der Waals surface area contributed by atoms with Crippen LogP contribution in [0.3, 0.4) is 0 Å². The number of hydrogen-bond donors (Lipinski definition) is 0. The number of hydrogen-bond acceptors (Lipinski definition) is 5. The third-order valence-electron chi connectivity index (χ3n) is 4.41. The zero-order valence-corrected chi connectivity index (χ0v) is 17.7. The summed E-state index contributed by atoms with van der Waals surface area (Å²) in [7, 11) is 1.60. The number of rotatable bonds is 7. The van der Waals surface area contributed by atoms with E-state index in [-0.39, 0.29) is 5.76 Å². The standard InChI is InChI=1S/C23H30O5/c1-7-8-9-10-18-20(16-11-13-17(26-6)14-12-16)19(15(2)27-21(18)24)22(25)28-23(3,4)5/h11-14H,7-10H2,1-6H3. The molecule has 0 saturated carbocycles. The lowest BCUT2D eigenvalue weighted by molar-refractivity contribution is 0.00663. The number of benzene rings is 1. The summed E-state index contributed by atoms with van der Waals surface area (Å²) in [6.45, 7) is 9.18. The minimum absolute atomic E-state index is 0.268. The van der Waals surface area contributed by atoms with Gasteiger partial charge in [0.25, 0.3) is 0 Å². The average molecular weight is 386 g/mol. The fraction of sp³-hybridized carbons (Fsp3) is 0.478. The van der Waals surface area contributed by atoms with Crippen molar-refractivity contribution >= 4 is 5.97 Å². The van der Waals surface area contributed by atoms with E-state index < -0.39 is 17.2 Å². The van der Waals surface area contributed by atoms with Crippen LogP contribution in [0.1, 0.15) is 68.6 Å². The Labute approximate surface area is 166 Å². The largest absolute Gasteiger partial charge is 0.497 e. The second-order valence-electron chi connectivity index (χ2n) is 7.86. The third kappa shape index (κ3) is 5.24. The lowest BCUT2D eigenvalue weighted by Gasteiger charge is -2.22. The summed E-state index contributed by atoms with van der Waals surface area (Å²) in [5.41, 5.74) is 1.15. The molecule has 0 atom stereocenters. The first-order valence-corrected chi connectivity index (χ1v) is 9.72. The van der Waals surface area contributed by atoms with Crippen LogP contribution >= 0.6 is 0 Å². The maximum atomic E-state index is 13.0. The molecule has 0 spiro atoms. The van der Waals surface area contributed by atoms with Crippen molar-refractivity contribution in [3.05, 3.63) is 51.6 Å². The fourth-order valence-corrected chi connectivity index (χ4v) is 3.11. The lowest BCUT2D eigenvalue weighted by atomic mass is 9.92. The molecule has 0 aliphatic rings. The Bertz CT molecular complexity index is 870. The lowest BCUT2D eigenvalue weighted by Crippen LogP contribution is -2.26. The smallest absolute Gasteiger partial charge is 0.342 e. The zero-order chi connectivity index (χ0) is 20.9. The second-order valence-corrected chi connectivity index (χ2v) is 7.86. The van der Waals surface area contributed by atoms with Gasteiger partial charge in [-0.1, -0.05) is 31.9 Å². The van der Waals surface area contributed by atoms with Gasteiger partial charge in [-0.15, -0.1) is 0 Å². The van der Waals surface area contributed by atoms with Gasteiger partial charge in [0, 0.05) is 11.1 Å². The first-order valence-electron chi connectivity index (χ1n) is 9.72. The molecule has 28 heavy (non-hydrogen) atoms. The Balaban J connectivity index is 2.69. The molecular weight excluding hydrogens is 356 g/mol. The Morgan fingerprint density at radius 3 is 2.29 bits per heavy atom. The molecule has 0 radical (unpaired) electrons. The van der Waals surface area contributed by atoms with Gasteiger partial charge in [0.1, 0.15) is 22.7 Å². The molecule has 1 heterocycles. The van der Waals surface area contributed by atoms with Gasteiger partial charge in [-0.25, -0.2) is 9.59 Å². The zero-order valence-electron chi connectivity index (χ0n) is 17.7. The molecule has 0 saturated heterocycles. The molecule has 0 aliphatic heterocycles. The number of methoxy groups -OCH3 is 1. The van der Waals surface area contributed by atoms with Crippen LogP contribution in [-0.2, 0) is 11.2 Å². The Kier molecular flexibility index (Phi) is 7.05. The van der Waals surface area contributed by atoms with Gasteiger partial charge in [0.15, 0.2) is 0 Å². The molecule has 0 bridgehead atoms. The SMILES string of the molecule is CCCCCc1c(-c2ccc(OC)cc2)c(C(=O)OC(C)(C)C)c(C)oc1=O. The van der Waals surface area contributed by atoms with E-state index in [4.69, 9.17) is 13.9 Å². The highest BCUT2D eigenvalue weighted by Crippen LogP contribution is 2.32. The van der Waals surface area contributed by atoms with Crippen LogP contribution in [0.15, 0.2) is 33.5 Å². The summed E-state index contributed by atoms with van der Waals surface area (Å²) < 4.78 is 16.3. The molecule has 1 aromatic heterocycles. The van der Waals surface area contributed by atoms with E-state index in [0.717, 1.165) is 24.8 Å². The van der Waals surface area contributed by atoms with Crippen LogP contribution in [-0.4, -0.2) is 18.7 Å². The van der Waals surface area contributed by atoms with Gasteiger partial charge in [-0.05, 0) is 58.2 Å². The first kappa shape index (κ1) is 21.7. The molecule has 1 aromatic carbocycles. The van der Waals surface area contributed by atoms with Crippen molar-refractivity contribution in [1.29, 1.82) is 0 Å². The van der Waals surface area contributed by atoms with Gasteiger partial charge < -0.3 is 13.9 Å². The first-order chi connectivity index (χ1) is 13.2. The van der Waals surface area contributed by atoms with Crippen molar-refractivity contribution in [3.63, 3.8) is 0 Å². The van der Waals surface area contributed by atoms with Crippen molar-refractivity contribution in [2.45, 2.75) is 65.9 Å². The van der Waals surface area contributed by atoms with E-state index in [1.165, 1.54) is 0 Å². The normalized spacial score (nSPS) is 11.4. The minimum atomic E-state index is -0.654. The molecule has 0 amide bonds. The van der Waals surface area contributed by atoms with Crippen molar-refractivity contribution in [3.8, 4) is 16.9 Å². The van der Waals surface area contributed by atoms with Crippen molar-refractivity contribution in [1.82, 2.24) is 0 Å². The summed E-state index contributed by atoms with van der Waals surface area (Å²) in [4.78, 5) is 25.7. The monoisotopic (exact) mass is 386 g/mol. The van der Waals surface area contributed by atoms with E-state index in [1.807, 2.05) is 45.0 Å². The van der Waals surface area contributed by atoms with E-state index in [1.54, 1.807) is 14.0 Å². The Morgan fingerprint density at radius 1 is 1.11 bits per heavy atom. The van der Waals surface area contributed by atoms with Crippen LogP contribution in [0, 0.1) is 6.92 Å². The molecule has 0 aliphatic carbocycles. The number of carbonyl (C=O) groups is 1. The van der Waals surface area contributed by atoms with Crippen LogP contribution in [0.25, 0.3) is 11.1 Å². The summed E-state index contributed by atoms with van der Waals surface area (Å²) in [5.74, 6) is 0.482. The molecule has 5 nitrogen and oxygen atoms in total. The van der Waals surface area contributed by atoms with Gasteiger partial charge in [0.05, 0.1) is 7.11 Å². The van der Waals surface area contributed by atoms with E-state index >= 15 is 0 Å². The quantitative estimate of drug-likeness (QED) is 0.476. The van der Waals surface area contributed by atoms with E-state index in [9.17, 15) is 9.59 Å². The molecule has 2 aromatic rings. The molecule has 0 unspecified atom stereocenters. The topological polar surface area (TPSA) is 65.7 Å². The highest BCUT2D eigenvalue weighted by Gasteiger charge is 2.27.